The Balaban J connectivity index is 0.923. The summed E-state index contributed by atoms with van der Waals surface area (Å²) in [6, 6.07) is 70.1. The van der Waals surface area contributed by atoms with Crippen molar-refractivity contribution in [3.05, 3.63) is 213 Å². The molecule has 5 heterocycles. The zero-order valence-electron chi connectivity index (χ0n) is 32.9. The fraction of sp³-hybridized carbons (Fsp3) is 0. The highest BCUT2D eigenvalue weighted by Crippen LogP contribution is 2.39. The molecule has 0 atom stereocenters. The van der Waals surface area contributed by atoms with E-state index in [1.54, 1.807) is 0 Å². The van der Waals surface area contributed by atoms with Gasteiger partial charge in [0.15, 0.2) is 0 Å². The minimum Gasteiger partial charge on any atom is -0.306 e. The number of nitrogens with zero attached hydrogens (tertiary/aromatic N) is 5. The zero-order chi connectivity index (χ0) is 40.3. The van der Waals surface area contributed by atoms with Gasteiger partial charge in [0.1, 0.15) is 5.65 Å². The molecule has 12 aromatic rings. The van der Waals surface area contributed by atoms with Gasteiger partial charge in [-0.05, 0) is 58.7 Å². The molecule has 5 aromatic heterocycles. The predicted octanol–water partition coefficient (Wildman–Crippen LogP) is 14.1. The Morgan fingerprint density at radius 1 is 0.344 bits per heavy atom. The first-order chi connectivity index (χ1) is 30.2. The Morgan fingerprint density at radius 3 is 1.57 bits per heavy atom. The Bertz CT molecular complexity index is 3600. The molecule has 284 valence electrons. The summed E-state index contributed by atoms with van der Waals surface area (Å²) >= 11 is 0. The predicted molar refractivity (Wildman–Crippen MR) is 251 cm³/mol. The van der Waals surface area contributed by atoms with E-state index in [0.29, 0.717) is 0 Å². The smallest absolute Gasteiger partial charge is 0.146 e. The quantitative estimate of drug-likeness (QED) is 0.158. The van der Waals surface area contributed by atoms with Crippen LogP contribution in [0, 0.1) is 0 Å². The second-order valence-electron chi connectivity index (χ2n) is 15.5. The van der Waals surface area contributed by atoms with Crippen molar-refractivity contribution in [2.45, 2.75) is 0 Å². The maximum absolute atomic E-state index is 5.28. The van der Waals surface area contributed by atoms with Gasteiger partial charge in [0.05, 0.1) is 39.3 Å². The number of imidazole rings is 1. The molecule has 7 aromatic carbocycles. The van der Waals surface area contributed by atoms with E-state index < -0.39 is 0 Å². The lowest BCUT2D eigenvalue weighted by Crippen LogP contribution is -1.94. The molecule has 5 heteroatoms. The molecule has 0 fully saturated rings. The van der Waals surface area contributed by atoms with Crippen LogP contribution in [0.3, 0.4) is 0 Å². The summed E-state index contributed by atoms with van der Waals surface area (Å²) in [5.41, 5.74) is 16.3. The monoisotopic (exact) mass is 777 g/mol. The summed E-state index contributed by atoms with van der Waals surface area (Å²) in [6.45, 7) is 0. The number of hydrogen-bond donors (Lipinski definition) is 0. The SMILES string of the molecule is c1ccc(-c2ccc3cc(-c4ccc(-c5ccc(-c6nc7ccccc7c7c6ccn6cc(-c8ccccc8)nc76)cc5)cc4)c4ccc(-c5ccccc5)nc4c3n2)cc1. The van der Waals surface area contributed by atoms with Gasteiger partial charge in [0, 0.05) is 61.6 Å². The first-order valence-corrected chi connectivity index (χ1v) is 20.5. The summed E-state index contributed by atoms with van der Waals surface area (Å²) in [7, 11) is 0. The van der Waals surface area contributed by atoms with E-state index in [4.69, 9.17) is 19.9 Å². The average molecular weight is 778 g/mol. The number of rotatable bonds is 6. The molecular formula is C56H35N5. The maximum atomic E-state index is 5.28. The standard InChI is InChI=1S/C56H35N5/c1-4-12-39(13-5-1)48-30-28-43-34-47(44-29-31-49(40-14-6-2-7-15-40)58-55(44)54(43)57-48)38-24-20-36(21-25-38)37-22-26-42(27-23-37)53-46-32-33-61-35-51(41-16-8-3-9-17-41)60-56(61)52(46)45-18-10-11-19-50(45)59-53/h1-35H. The molecule has 0 aliphatic heterocycles. The molecule has 0 radical (unpaired) electrons. The van der Waals surface area contributed by atoms with Gasteiger partial charge >= 0.3 is 0 Å². The van der Waals surface area contributed by atoms with Crippen molar-refractivity contribution in [2.75, 3.05) is 0 Å². The lowest BCUT2D eigenvalue weighted by molar-refractivity contribution is 1.20. The summed E-state index contributed by atoms with van der Waals surface area (Å²) in [4.78, 5) is 20.9. The van der Waals surface area contributed by atoms with E-state index in [9.17, 15) is 0 Å². The van der Waals surface area contributed by atoms with Crippen LogP contribution in [0.4, 0.5) is 0 Å². The Hall–Kier alpha value is -8.28. The fourth-order valence-electron chi connectivity index (χ4n) is 8.75. The average Bonchev–Trinajstić information content (AvgIpc) is 3.79. The van der Waals surface area contributed by atoms with Gasteiger partial charge in [-0.2, -0.15) is 0 Å². The normalized spacial score (nSPS) is 11.6. The molecule has 0 unspecified atom stereocenters. The van der Waals surface area contributed by atoms with Gasteiger partial charge in [0.25, 0.3) is 0 Å². The van der Waals surface area contributed by atoms with Crippen molar-refractivity contribution in [1.82, 2.24) is 24.3 Å². The van der Waals surface area contributed by atoms with E-state index in [0.717, 1.165) is 116 Å². The van der Waals surface area contributed by atoms with Crippen LogP contribution < -0.4 is 0 Å². The summed E-state index contributed by atoms with van der Waals surface area (Å²) in [5, 5.41) is 5.40. The van der Waals surface area contributed by atoms with Crippen LogP contribution >= 0.6 is 0 Å². The molecule has 0 saturated carbocycles. The summed E-state index contributed by atoms with van der Waals surface area (Å²) < 4.78 is 2.13. The molecule has 5 nitrogen and oxygen atoms in total. The van der Waals surface area contributed by atoms with E-state index in [1.807, 2.05) is 18.2 Å². The minimum absolute atomic E-state index is 0.895. The van der Waals surface area contributed by atoms with E-state index in [1.165, 1.54) is 0 Å². The molecule has 0 N–H and O–H groups in total. The van der Waals surface area contributed by atoms with Crippen molar-refractivity contribution in [3.8, 4) is 67.3 Å². The first-order valence-electron chi connectivity index (χ1n) is 20.5. The van der Waals surface area contributed by atoms with Gasteiger partial charge < -0.3 is 4.40 Å². The van der Waals surface area contributed by atoms with E-state index in [-0.39, 0.29) is 0 Å². The van der Waals surface area contributed by atoms with Crippen molar-refractivity contribution in [3.63, 3.8) is 0 Å². The van der Waals surface area contributed by atoms with Crippen LogP contribution in [-0.2, 0) is 0 Å². The maximum Gasteiger partial charge on any atom is 0.146 e. The largest absolute Gasteiger partial charge is 0.306 e. The lowest BCUT2D eigenvalue weighted by Gasteiger charge is -2.13. The third-order valence-corrected chi connectivity index (χ3v) is 11.8. The number of aromatic nitrogens is 5. The van der Waals surface area contributed by atoms with Gasteiger partial charge in [-0.15, -0.1) is 0 Å². The molecule has 61 heavy (non-hydrogen) atoms. The molecular weight excluding hydrogens is 743 g/mol. The van der Waals surface area contributed by atoms with Crippen LogP contribution in [0.25, 0.3) is 116 Å². The number of fused-ring (bicyclic) bond motifs is 8. The van der Waals surface area contributed by atoms with Crippen LogP contribution in [-0.4, -0.2) is 24.3 Å². The van der Waals surface area contributed by atoms with Crippen LogP contribution in [0.1, 0.15) is 0 Å². The summed E-state index contributed by atoms with van der Waals surface area (Å²) in [5.74, 6) is 0. The van der Waals surface area contributed by atoms with Gasteiger partial charge in [-0.1, -0.05) is 164 Å². The first kappa shape index (κ1) is 34.7. The van der Waals surface area contributed by atoms with Crippen molar-refractivity contribution < 1.29 is 0 Å². The third-order valence-electron chi connectivity index (χ3n) is 11.8. The molecule has 0 aliphatic carbocycles. The van der Waals surface area contributed by atoms with Crippen molar-refractivity contribution in [2.24, 2.45) is 0 Å². The van der Waals surface area contributed by atoms with Crippen LogP contribution in [0.5, 0.6) is 0 Å². The highest BCUT2D eigenvalue weighted by molar-refractivity contribution is 6.17. The molecule has 0 aliphatic rings. The summed E-state index contributed by atoms with van der Waals surface area (Å²) in [6.07, 6.45) is 4.21. The fourth-order valence-corrected chi connectivity index (χ4v) is 8.75. The Labute approximate surface area is 351 Å². The molecule has 0 bridgehead atoms. The number of hydrogen-bond acceptors (Lipinski definition) is 4. The highest BCUT2D eigenvalue weighted by Gasteiger charge is 2.17. The number of benzene rings is 7. The topological polar surface area (TPSA) is 56.0 Å². The van der Waals surface area contributed by atoms with E-state index >= 15 is 0 Å². The second-order valence-corrected chi connectivity index (χ2v) is 15.5. The third kappa shape index (κ3) is 6.02. The highest BCUT2D eigenvalue weighted by atomic mass is 15.0. The van der Waals surface area contributed by atoms with E-state index in [2.05, 4.69) is 199 Å². The van der Waals surface area contributed by atoms with Gasteiger partial charge in [-0.25, -0.2) is 19.9 Å². The lowest BCUT2D eigenvalue weighted by atomic mass is 9.94. The van der Waals surface area contributed by atoms with Crippen molar-refractivity contribution >= 4 is 49.1 Å². The minimum atomic E-state index is 0.895. The van der Waals surface area contributed by atoms with Crippen LogP contribution in [0.15, 0.2) is 213 Å². The number of pyridine rings is 4. The van der Waals surface area contributed by atoms with Crippen molar-refractivity contribution in [1.29, 1.82) is 0 Å². The zero-order valence-corrected chi connectivity index (χ0v) is 32.9. The molecule has 0 spiro atoms. The van der Waals surface area contributed by atoms with Gasteiger partial charge in [-0.3, -0.25) is 0 Å². The molecule has 0 saturated heterocycles. The molecule has 12 rings (SSSR count). The Morgan fingerprint density at radius 2 is 0.902 bits per heavy atom. The number of para-hydroxylation sites is 1. The Kier molecular flexibility index (Phi) is 8.10. The van der Waals surface area contributed by atoms with Crippen LogP contribution in [0.2, 0.25) is 0 Å². The molecule has 0 amide bonds. The van der Waals surface area contributed by atoms with Gasteiger partial charge in [0.2, 0.25) is 0 Å². The second kappa shape index (κ2) is 14.2.